The minimum Gasteiger partial charge on any atom is -0.335 e. The van der Waals surface area contributed by atoms with Crippen LogP contribution < -0.4 is 16.2 Å². The normalized spacial score (nSPS) is 15.3. The van der Waals surface area contributed by atoms with Crippen molar-refractivity contribution in [2.75, 3.05) is 0 Å². The minimum absolute atomic E-state index is 0.135. The van der Waals surface area contributed by atoms with Crippen molar-refractivity contribution in [1.82, 2.24) is 20.2 Å². The smallest absolute Gasteiger partial charge is 0.321 e. The molecule has 1 heterocycles. The maximum absolute atomic E-state index is 12.8. The molecule has 1 atom stereocenters. The number of aromatic nitrogens is 2. The van der Waals surface area contributed by atoms with E-state index in [9.17, 15) is 14.4 Å². The van der Waals surface area contributed by atoms with Crippen molar-refractivity contribution >= 4 is 34.6 Å². The highest BCUT2D eigenvalue weighted by Gasteiger charge is 2.23. The summed E-state index contributed by atoms with van der Waals surface area (Å²) in [4.78, 5) is 41.7. The molecule has 0 radical (unpaired) electrons. The molecule has 7 nitrogen and oxygen atoms in total. The third kappa shape index (κ3) is 4.62. The van der Waals surface area contributed by atoms with Gasteiger partial charge in [-0.15, -0.1) is 6.58 Å². The minimum atomic E-state index is -0.599. The highest BCUT2D eigenvalue weighted by Crippen LogP contribution is 2.23. The molecule has 148 valence electrons. The van der Waals surface area contributed by atoms with Crippen LogP contribution in [-0.2, 0) is 11.3 Å². The van der Waals surface area contributed by atoms with Crippen molar-refractivity contribution in [1.29, 1.82) is 0 Å². The molecule has 1 aliphatic carbocycles. The van der Waals surface area contributed by atoms with Gasteiger partial charge in [-0.3, -0.25) is 19.5 Å². The second kappa shape index (κ2) is 9.05. The van der Waals surface area contributed by atoms with E-state index in [2.05, 4.69) is 22.2 Å². The Morgan fingerprint density at radius 2 is 2.07 bits per heavy atom. The number of hydrogen-bond acceptors (Lipinski definition) is 5. The van der Waals surface area contributed by atoms with E-state index in [4.69, 9.17) is 0 Å². The van der Waals surface area contributed by atoms with Gasteiger partial charge in [0.25, 0.3) is 5.56 Å². The fourth-order valence-corrected chi connectivity index (χ4v) is 4.16. The molecule has 2 aromatic rings. The Balaban J connectivity index is 1.74. The Labute approximate surface area is 167 Å². The zero-order valence-electron chi connectivity index (χ0n) is 15.8. The van der Waals surface area contributed by atoms with Gasteiger partial charge in [0.15, 0.2) is 5.16 Å². The maximum atomic E-state index is 12.8. The van der Waals surface area contributed by atoms with E-state index in [1.807, 2.05) is 6.07 Å². The van der Waals surface area contributed by atoms with E-state index < -0.39 is 17.2 Å². The van der Waals surface area contributed by atoms with Crippen LogP contribution in [0.2, 0.25) is 0 Å². The first-order valence-corrected chi connectivity index (χ1v) is 10.3. The first-order chi connectivity index (χ1) is 13.5. The number of carbonyl (C=O) groups is 2. The molecular formula is C20H24N4O3S. The summed E-state index contributed by atoms with van der Waals surface area (Å²) in [7, 11) is 0. The van der Waals surface area contributed by atoms with Crippen molar-refractivity contribution in [3.63, 3.8) is 0 Å². The number of fused-ring (bicyclic) bond motifs is 1. The van der Waals surface area contributed by atoms with Gasteiger partial charge >= 0.3 is 6.03 Å². The van der Waals surface area contributed by atoms with Gasteiger partial charge in [0, 0.05) is 12.6 Å². The lowest BCUT2D eigenvalue weighted by Gasteiger charge is -2.16. The average Bonchev–Trinajstić information content (AvgIpc) is 3.17. The van der Waals surface area contributed by atoms with Gasteiger partial charge in [0.2, 0.25) is 5.91 Å². The van der Waals surface area contributed by atoms with Crippen LogP contribution in [0.3, 0.4) is 0 Å². The summed E-state index contributed by atoms with van der Waals surface area (Å²) >= 11 is 1.14. The molecule has 0 aliphatic heterocycles. The predicted molar refractivity (Wildman–Crippen MR) is 110 cm³/mol. The lowest BCUT2D eigenvalue weighted by molar-refractivity contribution is -0.119. The molecule has 2 N–H and O–H groups in total. The van der Waals surface area contributed by atoms with Gasteiger partial charge in [-0.25, -0.2) is 9.78 Å². The number of benzene rings is 1. The molecule has 3 amide bonds. The largest absolute Gasteiger partial charge is 0.335 e. The first kappa shape index (κ1) is 20.1. The van der Waals surface area contributed by atoms with Crippen LogP contribution in [0, 0.1) is 0 Å². The summed E-state index contributed by atoms with van der Waals surface area (Å²) in [5.41, 5.74) is 0.390. The van der Waals surface area contributed by atoms with Crippen LogP contribution in [-0.4, -0.2) is 32.8 Å². The summed E-state index contributed by atoms with van der Waals surface area (Å²) in [6.07, 6.45) is 5.70. The summed E-state index contributed by atoms with van der Waals surface area (Å²) in [6.45, 7) is 5.66. The molecule has 1 saturated carbocycles. The molecule has 1 fully saturated rings. The van der Waals surface area contributed by atoms with E-state index >= 15 is 0 Å². The second-order valence-electron chi connectivity index (χ2n) is 6.82. The van der Waals surface area contributed by atoms with Crippen molar-refractivity contribution in [3.05, 3.63) is 47.3 Å². The molecule has 0 bridgehead atoms. The molecule has 0 unspecified atom stereocenters. The molecule has 1 aliphatic rings. The van der Waals surface area contributed by atoms with Gasteiger partial charge < -0.3 is 5.32 Å². The molecule has 28 heavy (non-hydrogen) atoms. The molecule has 3 rings (SSSR count). The van der Waals surface area contributed by atoms with Crippen LogP contribution in [0.4, 0.5) is 4.79 Å². The van der Waals surface area contributed by atoms with E-state index in [0.29, 0.717) is 16.1 Å². The molecule has 8 heteroatoms. The Kier molecular flexibility index (Phi) is 6.51. The van der Waals surface area contributed by atoms with E-state index in [1.165, 1.54) is 4.57 Å². The molecule has 0 saturated heterocycles. The number of rotatable bonds is 6. The number of amides is 3. The molecule has 0 spiro atoms. The number of urea groups is 1. The van der Waals surface area contributed by atoms with E-state index in [-0.39, 0.29) is 18.1 Å². The Hall–Kier alpha value is -2.61. The topological polar surface area (TPSA) is 93.1 Å². The number of allylic oxidation sites excluding steroid dienone is 1. The van der Waals surface area contributed by atoms with Gasteiger partial charge in [0.05, 0.1) is 16.2 Å². The third-order valence-electron chi connectivity index (χ3n) is 4.72. The van der Waals surface area contributed by atoms with Crippen LogP contribution >= 0.6 is 11.8 Å². The SMILES string of the molecule is C=CCn1c(S[C@H](C)C(=O)NC(=O)NC2CCCC2)nc2ccccc2c1=O. The standard InChI is InChI=1S/C20H24N4O3S/c1-3-12-24-18(26)15-10-6-7-11-16(15)22-20(24)28-13(2)17(25)23-19(27)21-14-8-4-5-9-14/h3,6-7,10-11,13-14H,1,4-5,8-9,12H2,2H3,(H2,21,23,25,27)/t13-/m1/s1. The number of thioether (sulfide) groups is 1. The van der Waals surface area contributed by atoms with Crippen molar-refractivity contribution in [3.8, 4) is 0 Å². The first-order valence-electron chi connectivity index (χ1n) is 9.38. The number of nitrogens with zero attached hydrogens (tertiary/aromatic N) is 2. The number of hydrogen-bond donors (Lipinski definition) is 2. The van der Waals surface area contributed by atoms with Crippen LogP contribution in [0.1, 0.15) is 32.6 Å². The average molecular weight is 401 g/mol. The predicted octanol–water partition coefficient (Wildman–Crippen LogP) is 2.83. The lowest BCUT2D eigenvalue weighted by Crippen LogP contribution is -2.46. The zero-order chi connectivity index (χ0) is 20.1. The summed E-state index contributed by atoms with van der Waals surface area (Å²) < 4.78 is 1.49. The van der Waals surface area contributed by atoms with Gasteiger partial charge in [-0.05, 0) is 31.9 Å². The lowest BCUT2D eigenvalue weighted by atomic mass is 10.2. The number of para-hydroxylation sites is 1. The highest BCUT2D eigenvalue weighted by molar-refractivity contribution is 8.00. The Morgan fingerprint density at radius 3 is 2.79 bits per heavy atom. The summed E-state index contributed by atoms with van der Waals surface area (Å²) in [5.74, 6) is -0.423. The Bertz CT molecular complexity index is 950. The zero-order valence-corrected chi connectivity index (χ0v) is 16.6. The monoisotopic (exact) mass is 400 g/mol. The Morgan fingerprint density at radius 1 is 1.36 bits per heavy atom. The maximum Gasteiger partial charge on any atom is 0.321 e. The van der Waals surface area contributed by atoms with Gasteiger partial charge in [-0.2, -0.15) is 0 Å². The fourth-order valence-electron chi connectivity index (χ4n) is 3.24. The van der Waals surface area contributed by atoms with Crippen molar-refractivity contribution in [2.24, 2.45) is 0 Å². The number of carbonyl (C=O) groups excluding carboxylic acids is 2. The fraction of sp³-hybridized carbons (Fsp3) is 0.400. The highest BCUT2D eigenvalue weighted by atomic mass is 32.2. The number of nitrogens with one attached hydrogen (secondary N) is 2. The van der Waals surface area contributed by atoms with Crippen molar-refractivity contribution in [2.45, 2.75) is 55.6 Å². The number of imide groups is 1. The van der Waals surface area contributed by atoms with Crippen LogP contribution in [0.25, 0.3) is 10.9 Å². The molecular weight excluding hydrogens is 376 g/mol. The molecule has 1 aromatic heterocycles. The second-order valence-corrected chi connectivity index (χ2v) is 8.13. The van der Waals surface area contributed by atoms with Crippen molar-refractivity contribution < 1.29 is 9.59 Å². The van der Waals surface area contributed by atoms with E-state index in [0.717, 1.165) is 37.4 Å². The van der Waals surface area contributed by atoms with Gasteiger partial charge in [-0.1, -0.05) is 42.8 Å². The molecule has 1 aromatic carbocycles. The van der Waals surface area contributed by atoms with Gasteiger partial charge in [0.1, 0.15) is 0 Å². The van der Waals surface area contributed by atoms with Crippen LogP contribution in [0.5, 0.6) is 0 Å². The third-order valence-corrected chi connectivity index (χ3v) is 5.81. The van der Waals surface area contributed by atoms with Crippen LogP contribution in [0.15, 0.2) is 46.9 Å². The summed E-state index contributed by atoms with van der Waals surface area (Å²) in [5, 5.41) is 5.55. The quantitative estimate of drug-likeness (QED) is 0.442. The summed E-state index contributed by atoms with van der Waals surface area (Å²) in [6, 6.07) is 6.75. The van der Waals surface area contributed by atoms with E-state index in [1.54, 1.807) is 31.2 Å².